The molecule has 0 radical (unpaired) electrons. The molecule has 0 fully saturated rings. The van der Waals surface area contributed by atoms with E-state index in [4.69, 9.17) is 5.10 Å². The summed E-state index contributed by atoms with van der Waals surface area (Å²) >= 11 is 0. The summed E-state index contributed by atoms with van der Waals surface area (Å²) in [5.74, 6) is -0.425. The van der Waals surface area contributed by atoms with Crippen molar-refractivity contribution < 1.29 is 8.78 Å². The molecule has 0 spiro atoms. The van der Waals surface area contributed by atoms with E-state index in [1.165, 1.54) is 12.1 Å². The Morgan fingerprint density at radius 2 is 1.69 bits per heavy atom. The molecule has 0 atom stereocenters. The largest absolute Gasteiger partial charge is 0.266 e. The monoisotopic (exact) mass is 396 g/mol. The lowest BCUT2D eigenvalue weighted by molar-refractivity contribution is 0.356. The molecule has 4 rings (SSSR count). The normalized spacial score (nSPS) is 12.3. The fraction of sp³-hybridized carbons (Fsp3) is 0.333. The maximum absolute atomic E-state index is 14.6. The van der Waals surface area contributed by atoms with Gasteiger partial charge in [-0.05, 0) is 45.0 Å². The van der Waals surface area contributed by atoms with Crippen LogP contribution in [0.1, 0.15) is 46.4 Å². The van der Waals surface area contributed by atoms with Crippen LogP contribution < -0.4 is 0 Å². The molecule has 0 unspecified atom stereocenters. The molecule has 6 nitrogen and oxygen atoms in total. The summed E-state index contributed by atoms with van der Waals surface area (Å²) in [6.45, 7) is 10.0. The van der Waals surface area contributed by atoms with Crippen LogP contribution in [0.4, 0.5) is 8.78 Å². The molecule has 1 aromatic carbocycles. The molecule has 4 aromatic rings. The molecule has 3 heterocycles. The molecule has 0 saturated heterocycles. The number of hydrogen-bond donors (Lipinski definition) is 0. The predicted molar refractivity (Wildman–Crippen MR) is 106 cm³/mol. The zero-order chi connectivity index (χ0) is 20.9. The van der Waals surface area contributed by atoms with E-state index in [9.17, 15) is 8.78 Å². The Hall–Kier alpha value is -3.16. The van der Waals surface area contributed by atoms with Gasteiger partial charge in [0.15, 0.2) is 11.5 Å². The van der Waals surface area contributed by atoms with Gasteiger partial charge in [-0.1, -0.05) is 13.8 Å². The first-order valence-electron chi connectivity index (χ1n) is 9.43. The fourth-order valence-electron chi connectivity index (χ4n) is 3.09. The molecular formula is C21H22F2N6. The van der Waals surface area contributed by atoms with E-state index >= 15 is 0 Å². The van der Waals surface area contributed by atoms with Crippen LogP contribution in [-0.2, 0) is 5.54 Å². The summed E-state index contributed by atoms with van der Waals surface area (Å²) in [7, 11) is 0. The fourth-order valence-corrected chi connectivity index (χ4v) is 3.09. The van der Waals surface area contributed by atoms with Crippen molar-refractivity contribution in [1.82, 2.24) is 29.6 Å². The third-order valence-electron chi connectivity index (χ3n) is 4.67. The van der Waals surface area contributed by atoms with Gasteiger partial charge in [-0.2, -0.15) is 14.7 Å². The van der Waals surface area contributed by atoms with Crippen LogP contribution >= 0.6 is 0 Å². The Morgan fingerprint density at radius 3 is 2.34 bits per heavy atom. The van der Waals surface area contributed by atoms with Gasteiger partial charge in [0.05, 0.1) is 11.2 Å². The van der Waals surface area contributed by atoms with Crippen LogP contribution in [0.2, 0.25) is 0 Å². The molecule has 0 aliphatic carbocycles. The van der Waals surface area contributed by atoms with Gasteiger partial charge in [-0.25, -0.2) is 8.78 Å². The Balaban J connectivity index is 1.96. The van der Waals surface area contributed by atoms with Gasteiger partial charge in [0.25, 0.3) is 0 Å². The predicted octanol–water partition coefficient (Wildman–Crippen LogP) is 4.81. The standard InChI is InChI=1S/C21H22F2N6/c1-12(2)20-25-24-18-9-8-17(26-29(18)20)15-11-28(21(3,4)5)27-19(15)14-7-6-13(22)10-16(14)23/h6-12H,1-5H3. The van der Waals surface area contributed by atoms with Crippen molar-refractivity contribution in [3.8, 4) is 22.5 Å². The average molecular weight is 396 g/mol. The number of halogens is 2. The Kier molecular flexibility index (Phi) is 4.44. The van der Waals surface area contributed by atoms with Crippen LogP contribution in [-0.4, -0.2) is 29.6 Å². The van der Waals surface area contributed by atoms with Crippen molar-refractivity contribution in [1.29, 1.82) is 0 Å². The van der Waals surface area contributed by atoms with Gasteiger partial charge in [0, 0.05) is 29.3 Å². The number of nitrogens with zero attached hydrogens (tertiary/aromatic N) is 6. The quantitative estimate of drug-likeness (QED) is 0.499. The summed E-state index contributed by atoms with van der Waals surface area (Å²) in [4.78, 5) is 0. The first kappa shape index (κ1) is 19.2. The summed E-state index contributed by atoms with van der Waals surface area (Å²) < 4.78 is 31.5. The van der Waals surface area contributed by atoms with E-state index in [0.29, 0.717) is 22.6 Å². The van der Waals surface area contributed by atoms with E-state index in [0.717, 1.165) is 11.9 Å². The highest BCUT2D eigenvalue weighted by Crippen LogP contribution is 2.34. The third-order valence-corrected chi connectivity index (χ3v) is 4.67. The molecule has 150 valence electrons. The lowest BCUT2D eigenvalue weighted by Gasteiger charge is -2.18. The third kappa shape index (κ3) is 3.39. The number of fused-ring (bicyclic) bond motifs is 1. The van der Waals surface area contributed by atoms with Crippen molar-refractivity contribution >= 4 is 5.65 Å². The second kappa shape index (κ2) is 6.72. The lowest BCUT2D eigenvalue weighted by Crippen LogP contribution is -2.22. The highest BCUT2D eigenvalue weighted by molar-refractivity contribution is 5.79. The van der Waals surface area contributed by atoms with E-state index in [1.54, 1.807) is 9.20 Å². The lowest BCUT2D eigenvalue weighted by atomic mass is 10.0. The van der Waals surface area contributed by atoms with Crippen molar-refractivity contribution in [2.45, 2.75) is 46.1 Å². The van der Waals surface area contributed by atoms with Gasteiger partial charge in [-0.15, -0.1) is 10.2 Å². The highest BCUT2D eigenvalue weighted by Gasteiger charge is 2.23. The van der Waals surface area contributed by atoms with E-state index in [2.05, 4.69) is 15.3 Å². The van der Waals surface area contributed by atoms with Crippen LogP contribution in [0, 0.1) is 11.6 Å². The molecule has 0 saturated carbocycles. The zero-order valence-corrected chi connectivity index (χ0v) is 17.0. The van der Waals surface area contributed by atoms with Gasteiger partial charge >= 0.3 is 0 Å². The van der Waals surface area contributed by atoms with Crippen molar-refractivity contribution in [3.05, 3.63) is 54.0 Å². The van der Waals surface area contributed by atoms with Gasteiger partial charge in [0.2, 0.25) is 0 Å². The molecule has 3 aromatic heterocycles. The Labute approximate surface area is 167 Å². The van der Waals surface area contributed by atoms with Crippen molar-refractivity contribution in [2.75, 3.05) is 0 Å². The van der Waals surface area contributed by atoms with Crippen LogP contribution in [0.5, 0.6) is 0 Å². The maximum atomic E-state index is 14.6. The number of rotatable bonds is 3. The van der Waals surface area contributed by atoms with Gasteiger partial charge in [0.1, 0.15) is 17.3 Å². The summed E-state index contributed by atoms with van der Waals surface area (Å²) in [6, 6.07) is 7.12. The molecule has 29 heavy (non-hydrogen) atoms. The minimum absolute atomic E-state index is 0.138. The van der Waals surface area contributed by atoms with E-state index in [-0.39, 0.29) is 17.0 Å². The van der Waals surface area contributed by atoms with Crippen LogP contribution in [0.3, 0.4) is 0 Å². The minimum Gasteiger partial charge on any atom is -0.266 e. The smallest absolute Gasteiger partial charge is 0.177 e. The molecule has 0 N–H and O–H groups in total. The maximum Gasteiger partial charge on any atom is 0.177 e. The molecule has 0 aliphatic rings. The highest BCUT2D eigenvalue weighted by atomic mass is 19.1. The van der Waals surface area contributed by atoms with Crippen molar-refractivity contribution in [3.63, 3.8) is 0 Å². The van der Waals surface area contributed by atoms with E-state index in [1.807, 2.05) is 52.9 Å². The topological polar surface area (TPSA) is 60.9 Å². The Morgan fingerprint density at radius 1 is 0.931 bits per heavy atom. The number of aromatic nitrogens is 6. The summed E-state index contributed by atoms with van der Waals surface area (Å²) in [6.07, 6.45) is 1.84. The molecule has 8 heteroatoms. The minimum atomic E-state index is -0.668. The molecular weight excluding hydrogens is 374 g/mol. The van der Waals surface area contributed by atoms with Gasteiger partial charge in [-0.3, -0.25) is 4.68 Å². The van der Waals surface area contributed by atoms with E-state index < -0.39 is 11.6 Å². The van der Waals surface area contributed by atoms with Crippen molar-refractivity contribution in [2.24, 2.45) is 0 Å². The average Bonchev–Trinajstić information content (AvgIpc) is 3.25. The number of benzene rings is 1. The van der Waals surface area contributed by atoms with Gasteiger partial charge < -0.3 is 0 Å². The number of hydrogen-bond acceptors (Lipinski definition) is 4. The van der Waals surface area contributed by atoms with Crippen LogP contribution in [0.15, 0.2) is 36.5 Å². The second-order valence-corrected chi connectivity index (χ2v) is 8.33. The SMILES string of the molecule is CC(C)c1nnc2ccc(-c3cn(C(C)(C)C)nc3-c3ccc(F)cc3F)nn12. The second-order valence-electron chi connectivity index (χ2n) is 8.33. The Bertz CT molecular complexity index is 1200. The first-order valence-corrected chi connectivity index (χ1v) is 9.43. The van der Waals surface area contributed by atoms with Crippen LogP contribution in [0.25, 0.3) is 28.2 Å². The first-order chi connectivity index (χ1) is 13.6. The molecule has 0 aliphatic heterocycles. The summed E-state index contributed by atoms with van der Waals surface area (Å²) in [5.41, 5.74) is 2.19. The summed E-state index contributed by atoms with van der Waals surface area (Å²) in [5, 5.41) is 17.7. The molecule has 0 bridgehead atoms. The molecule has 0 amide bonds. The zero-order valence-electron chi connectivity index (χ0n) is 17.0.